The predicted octanol–water partition coefficient (Wildman–Crippen LogP) is 1.56. The summed E-state index contributed by atoms with van der Waals surface area (Å²) in [5.41, 5.74) is 5.37. The van der Waals surface area contributed by atoms with Gasteiger partial charge in [-0.2, -0.15) is 0 Å². The van der Waals surface area contributed by atoms with Gasteiger partial charge in [-0.05, 0) is 25.1 Å². The summed E-state index contributed by atoms with van der Waals surface area (Å²) in [4.78, 5) is 13.4. The Labute approximate surface area is 109 Å². The smallest absolute Gasteiger partial charge is 0.253 e. The maximum atomic E-state index is 13.1. The van der Waals surface area contributed by atoms with E-state index >= 15 is 0 Å². The van der Waals surface area contributed by atoms with Crippen LogP contribution in [0.2, 0.25) is 0 Å². The summed E-state index contributed by atoms with van der Waals surface area (Å²) < 4.78 is 25.8. The van der Waals surface area contributed by atoms with Crippen LogP contribution >= 0.6 is 0 Å². The number of nitrogens with two attached hydrogens (primary N) is 1. The van der Waals surface area contributed by atoms with Crippen LogP contribution in [0.3, 0.4) is 0 Å². The summed E-state index contributed by atoms with van der Waals surface area (Å²) in [7, 11) is 0. The number of hydrogen-bond acceptors (Lipinski definition) is 3. The van der Waals surface area contributed by atoms with Crippen molar-refractivity contribution in [3.05, 3.63) is 35.4 Å². The number of amidine groups is 1. The van der Waals surface area contributed by atoms with E-state index in [1.807, 2.05) is 0 Å². The Hall–Kier alpha value is -2.18. The Kier molecular flexibility index (Phi) is 5.23. The molecule has 0 saturated carbocycles. The van der Waals surface area contributed by atoms with Gasteiger partial charge in [-0.15, -0.1) is 0 Å². The molecule has 0 fully saturated rings. The van der Waals surface area contributed by atoms with Gasteiger partial charge in [0.1, 0.15) is 5.84 Å². The summed E-state index contributed by atoms with van der Waals surface area (Å²) in [6.45, 7) is 2.34. The molecular weight excluding hydrogens is 256 g/mol. The van der Waals surface area contributed by atoms with Crippen LogP contribution in [0.15, 0.2) is 23.4 Å². The molecule has 1 aromatic carbocycles. The molecule has 0 aliphatic heterocycles. The fourth-order valence-electron chi connectivity index (χ4n) is 1.51. The van der Waals surface area contributed by atoms with Crippen LogP contribution in [0.5, 0.6) is 0 Å². The van der Waals surface area contributed by atoms with Crippen molar-refractivity contribution in [2.45, 2.75) is 13.3 Å². The Balaban J connectivity index is 2.80. The summed E-state index contributed by atoms with van der Waals surface area (Å²) in [5, 5.41) is 11.2. The zero-order chi connectivity index (χ0) is 14.4. The van der Waals surface area contributed by atoms with E-state index < -0.39 is 17.5 Å². The second kappa shape index (κ2) is 6.67. The molecule has 0 heterocycles. The minimum absolute atomic E-state index is 0.00321. The maximum Gasteiger partial charge on any atom is 0.253 e. The van der Waals surface area contributed by atoms with Crippen molar-refractivity contribution in [1.29, 1.82) is 0 Å². The third-order valence-corrected chi connectivity index (χ3v) is 2.60. The monoisotopic (exact) mass is 271 g/mol. The molecule has 0 saturated heterocycles. The number of rotatable bonds is 5. The molecule has 19 heavy (non-hydrogen) atoms. The van der Waals surface area contributed by atoms with Crippen molar-refractivity contribution in [1.82, 2.24) is 4.90 Å². The number of oxime groups is 1. The Bertz CT molecular complexity index is 492. The Morgan fingerprint density at radius 2 is 2.11 bits per heavy atom. The number of halogens is 2. The first-order chi connectivity index (χ1) is 8.99. The van der Waals surface area contributed by atoms with Crippen LogP contribution in [0.25, 0.3) is 0 Å². The highest BCUT2D eigenvalue weighted by molar-refractivity contribution is 5.94. The standard InChI is InChI=1S/C12H15F2N3O2/c1-2-17(6-5-11(15)16-19)12(18)8-3-4-9(13)10(14)7-8/h3-4,7,19H,2,5-6H2,1H3,(H2,15,16). The molecule has 7 heteroatoms. The van der Waals surface area contributed by atoms with E-state index in [0.29, 0.717) is 6.54 Å². The average molecular weight is 271 g/mol. The Morgan fingerprint density at radius 1 is 1.42 bits per heavy atom. The number of hydrogen-bond donors (Lipinski definition) is 2. The quantitative estimate of drug-likeness (QED) is 0.369. The van der Waals surface area contributed by atoms with Crippen LogP contribution in [0.1, 0.15) is 23.7 Å². The largest absolute Gasteiger partial charge is 0.409 e. The van der Waals surface area contributed by atoms with Gasteiger partial charge >= 0.3 is 0 Å². The highest BCUT2D eigenvalue weighted by Crippen LogP contribution is 2.11. The molecule has 5 nitrogen and oxygen atoms in total. The third kappa shape index (κ3) is 3.90. The van der Waals surface area contributed by atoms with E-state index in [1.54, 1.807) is 6.92 Å². The molecule has 0 aliphatic carbocycles. The zero-order valence-electron chi connectivity index (χ0n) is 10.4. The van der Waals surface area contributed by atoms with Crippen LogP contribution < -0.4 is 5.73 Å². The predicted molar refractivity (Wildman–Crippen MR) is 66.0 cm³/mol. The van der Waals surface area contributed by atoms with E-state index in [0.717, 1.165) is 12.1 Å². The average Bonchev–Trinajstić information content (AvgIpc) is 2.41. The summed E-state index contributed by atoms with van der Waals surface area (Å²) >= 11 is 0. The lowest BCUT2D eigenvalue weighted by atomic mass is 10.2. The molecule has 0 aliphatic rings. The normalized spacial score (nSPS) is 11.4. The minimum atomic E-state index is -1.07. The molecule has 3 N–H and O–H groups in total. The van der Waals surface area contributed by atoms with Gasteiger partial charge < -0.3 is 15.8 Å². The number of nitrogens with zero attached hydrogens (tertiary/aromatic N) is 2. The van der Waals surface area contributed by atoms with Crippen molar-refractivity contribution in [2.75, 3.05) is 13.1 Å². The minimum Gasteiger partial charge on any atom is -0.409 e. The summed E-state index contributed by atoms with van der Waals surface area (Å²) in [5.74, 6) is -2.52. The molecule has 104 valence electrons. The van der Waals surface area contributed by atoms with Gasteiger partial charge in [-0.3, -0.25) is 4.79 Å². The molecule has 0 atom stereocenters. The lowest BCUT2D eigenvalue weighted by Crippen LogP contribution is -2.34. The molecule has 0 radical (unpaired) electrons. The highest BCUT2D eigenvalue weighted by Gasteiger charge is 2.16. The fraction of sp³-hybridized carbons (Fsp3) is 0.333. The number of carbonyl (C=O) groups excluding carboxylic acids is 1. The summed E-state index contributed by atoms with van der Waals surface area (Å²) in [6.07, 6.45) is 0.194. The van der Waals surface area contributed by atoms with Crippen LogP contribution in [0, 0.1) is 11.6 Å². The molecule has 0 unspecified atom stereocenters. The van der Waals surface area contributed by atoms with E-state index in [4.69, 9.17) is 10.9 Å². The van der Waals surface area contributed by atoms with Crippen LogP contribution in [-0.2, 0) is 0 Å². The lowest BCUT2D eigenvalue weighted by molar-refractivity contribution is 0.0767. The van der Waals surface area contributed by atoms with Gasteiger partial charge in [0.2, 0.25) is 0 Å². The number of benzene rings is 1. The van der Waals surface area contributed by atoms with Crippen LogP contribution in [0.4, 0.5) is 8.78 Å². The van der Waals surface area contributed by atoms with Gasteiger partial charge in [0.15, 0.2) is 11.6 Å². The molecule has 0 aromatic heterocycles. The van der Waals surface area contributed by atoms with E-state index in [-0.39, 0.29) is 24.4 Å². The first-order valence-corrected chi connectivity index (χ1v) is 5.70. The Morgan fingerprint density at radius 3 is 2.63 bits per heavy atom. The SMILES string of the molecule is CCN(CCC(N)=NO)C(=O)c1ccc(F)c(F)c1. The van der Waals surface area contributed by atoms with Gasteiger partial charge in [0.25, 0.3) is 5.91 Å². The van der Waals surface area contributed by atoms with Crippen molar-refractivity contribution >= 4 is 11.7 Å². The van der Waals surface area contributed by atoms with Crippen molar-refractivity contribution in [3.63, 3.8) is 0 Å². The van der Waals surface area contributed by atoms with Gasteiger partial charge in [-0.1, -0.05) is 5.16 Å². The second-order valence-electron chi connectivity index (χ2n) is 3.86. The van der Waals surface area contributed by atoms with Gasteiger partial charge in [0.05, 0.1) is 0 Å². The van der Waals surface area contributed by atoms with E-state index in [9.17, 15) is 13.6 Å². The first-order valence-electron chi connectivity index (χ1n) is 5.70. The molecule has 1 rings (SSSR count). The van der Waals surface area contributed by atoms with Crippen molar-refractivity contribution in [2.24, 2.45) is 10.9 Å². The first kappa shape index (κ1) is 14.9. The molecule has 1 aromatic rings. The number of amides is 1. The molecular formula is C12H15F2N3O2. The third-order valence-electron chi connectivity index (χ3n) is 2.60. The van der Waals surface area contributed by atoms with Crippen molar-refractivity contribution < 1.29 is 18.8 Å². The van der Waals surface area contributed by atoms with E-state index in [1.165, 1.54) is 11.0 Å². The van der Waals surface area contributed by atoms with Crippen LogP contribution in [-0.4, -0.2) is 34.9 Å². The highest BCUT2D eigenvalue weighted by atomic mass is 19.2. The van der Waals surface area contributed by atoms with Gasteiger partial charge in [-0.25, -0.2) is 8.78 Å². The zero-order valence-corrected chi connectivity index (χ0v) is 10.4. The van der Waals surface area contributed by atoms with Gasteiger partial charge in [0, 0.05) is 25.1 Å². The maximum absolute atomic E-state index is 13.1. The van der Waals surface area contributed by atoms with E-state index in [2.05, 4.69) is 5.16 Å². The molecule has 0 bridgehead atoms. The number of carbonyl (C=O) groups is 1. The topological polar surface area (TPSA) is 78.9 Å². The van der Waals surface area contributed by atoms with Crippen molar-refractivity contribution in [3.8, 4) is 0 Å². The summed E-state index contributed by atoms with van der Waals surface area (Å²) in [6, 6.07) is 2.97. The molecule has 1 amide bonds. The molecule has 0 spiro atoms. The lowest BCUT2D eigenvalue weighted by Gasteiger charge is -2.20. The fourth-order valence-corrected chi connectivity index (χ4v) is 1.51. The second-order valence-corrected chi connectivity index (χ2v) is 3.86.